The predicted octanol–water partition coefficient (Wildman–Crippen LogP) is 13.6. The van der Waals surface area contributed by atoms with Gasteiger partial charge in [-0.3, -0.25) is 0 Å². The van der Waals surface area contributed by atoms with E-state index in [0.717, 1.165) is 98.0 Å². The summed E-state index contributed by atoms with van der Waals surface area (Å²) in [6.07, 6.45) is 13.1. The minimum atomic E-state index is 0.615. The van der Waals surface area contributed by atoms with Crippen LogP contribution in [-0.4, -0.2) is 18.3 Å². The Balaban J connectivity index is 1.33. The number of aromatic nitrogens is 4. The number of hydrogen-bond donors (Lipinski definition) is 0. The molecule has 7 aromatic carbocycles. The highest BCUT2D eigenvalue weighted by atomic mass is 15.1. The van der Waals surface area contributed by atoms with Gasteiger partial charge in [0, 0.05) is 43.7 Å². The molecule has 4 aromatic heterocycles. The largest absolute Gasteiger partial charge is 0.307 e. The third-order valence-electron chi connectivity index (χ3n) is 13.1. The Bertz CT molecular complexity index is 3630. The Labute approximate surface area is 346 Å². The number of benzene rings is 7. The van der Waals surface area contributed by atoms with E-state index in [1.807, 2.05) is 0 Å². The van der Waals surface area contributed by atoms with Crippen LogP contribution in [0.4, 0.5) is 0 Å². The van der Waals surface area contributed by atoms with E-state index in [4.69, 9.17) is 0 Å². The molecule has 0 saturated carbocycles. The first-order chi connectivity index (χ1) is 29.8. The van der Waals surface area contributed by atoms with Crippen molar-refractivity contribution < 1.29 is 0 Å². The van der Waals surface area contributed by atoms with Gasteiger partial charge in [0.25, 0.3) is 0 Å². The third-order valence-corrected chi connectivity index (χ3v) is 13.1. The van der Waals surface area contributed by atoms with Crippen molar-refractivity contribution in [2.45, 2.75) is 25.7 Å². The summed E-state index contributed by atoms with van der Waals surface area (Å²) in [5, 5.41) is 19.4. The van der Waals surface area contributed by atoms with Gasteiger partial charge >= 0.3 is 0 Å². The van der Waals surface area contributed by atoms with Crippen LogP contribution in [0.5, 0.6) is 0 Å². The molecular weight excluding hydrogens is 731 g/mol. The van der Waals surface area contributed by atoms with Crippen LogP contribution in [0.2, 0.25) is 0 Å². The number of nitriles is 1. The van der Waals surface area contributed by atoms with Gasteiger partial charge in [0.2, 0.25) is 0 Å². The van der Waals surface area contributed by atoms with E-state index in [1.54, 1.807) is 0 Å². The second-order valence-corrected chi connectivity index (χ2v) is 16.2. The highest BCUT2D eigenvalue weighted by Gasteiger charge is 2.32. The van der Waals surface area contributed by atoms with Gasteiger partial charge in [-0.25, -0.2) is 0 Å². The maximum atomic E-state index is 12.2. The summed E-state index contributed by atoms with van der Waals surface area (Å²) in [4.78, 5) is 0. The molecule has 0 aliphatic heterocycles. The molecule has 282 valence electrons. The zero-order chi connectivity index (χ0) is 39.5. The fourth-order valence-corrected chi connectivity index (χ4v) is 10.8. The van der Waals surface area contributed by atoms with Crippen LogP contribution in [0.1, 0.15) is 40.9 Å². The summed E-state index contributed by atoms with van der Waals surface area (Å²) in [5.41, 5.74) is 15.8. The number of allylic oxidation sites excluding steroid dienone is 2. The first-order valence-corrected chi connectivity index (χ1v) is 21.0. The molecule has 0 amide bonds. The summed E-state index contributed by atoms with van der Waals surface area (Å²) < 4.78 is 9.65. The van der Waals surface area contributed by atoms with Crippen molar-refractivity contribution in [3.05, 3.63) is 192 Å². The van der Waals surface area contributed by atoms with Crippen LogP contribution in [0.25, 0.3) is 100 Å². The molecule has 0 unspecified atom stereocenters. The van der Waals surface area contributed by atoms with Crippen LogP contribution in [-0.2, 0) is 12.8 Å². The molecule has 4 heterocycles. The van der Waals surface area contributed by atoms with E-state index in [0.29, 0.717) is 5.56 Å². The Morgan fingerprint density at radius 2 is 0.733 bits per heavy atom. The Morgan fingerprint density at radius 3 is 1.20 bits per heavy atom. The Hall–Kier alpha value is -7.81. The standard InChI is InChI=1S/C55H37N5/c56-34-43-54(59-48-29-13-5-21-39(48)40-22-6-14-30-49(40)59)52(57-44-25-9-1-17-35(44)36-18-2-10-26-45(36)57)33-53(58-46-27-11-3-19-37(46)38-20-4-12-28-47(38)58)55(43)60-50-31-15-7-23-41(50)42-24-8-16-32-51(42)60/h1-3,5,7-19,21,23-33H,4,6,20,22H2. The first-order valence-electron chi connectivity index (χ1n) is 21.0. The highest BCUT2D eigenvalue weighted by Crippen LogP contribution is 2.47. The summed E-state index contributed by atoms with van der Waals surface area (Å²) in [7, 11) is 0. The Morgan fingerprint density at radius 1 is 0.383 bits per heavy atom. The SMILES string of the molecule is N#Cc1c(-n2c3c(c4ccccc42)CCC=C3)c(-n2c3ccccc3c3ccccc32)cc(-n2c3c(c4ccccc42)CCC=C3)c1-n1c2ccccc2c2ccccc21. The van der Waals surface area contributed by atoms with Crippen molar-refractivity contribution in [2.24, 2.45) is 0 Å². The molecule has 11 aromatic rings. The predicted molar refractivity (Wildman–Crippen MR) is 248 cm³/mol. The molecular formula is C55H37N5. The van der Waals surface area contributed by atoms with Crippen molar-refractivity contribution >= 4 is 77.6 Å². The third kappa shape index (κ3) is 4.40. The van der Waals surface area contributed by atoms with E-state index in [2.05, 4.69) is 200 Å². The maximum absolute atomic E-state index is 12.2. The topological polar surface area (TPSA) is 43.5 Å². The van der Waals surface area contributed by atoms with Crippen molar-refractivity contribution in [3.8, 4) is 28.8 Å². The van der Waals surface area contributed by atoms with Gasteiger partial charge in [-0.2, -0.15) is 5.26 Å². The Kier molecular flexibility index (Phi) is 6.97. The van der Waals surface area contributed by atoms with Gasteiger partial charge < -0.3 is 18.3 Å². The zero-order valence-corrected chi connectivity index (χ0v) is 32.8. The average molecular weight is 768 g/mol. The first kappa shape index (κ1) is 33.2. The van der Waals surface area contributed by atoms with E-state index >= 15 is 0 Å². The molecule has 0 saturated heterocycles. The smallest absolute Gasteiger partial charge is 0.104 e. The van der Waals surface area contributed by atoms with Gasteiger partial charge in [-0.1, -0.05) is 121 Å². The normalized spacial score (nSPS) is 13.6. The van der Waals surface area contributed by atoms with Gasteiger partial charge in [0.1, 0.15) is 11.6 Å². The molecule has 0 fully saturated rings. The van der Waals surface area contributed by atoms with Gasteiger partial charge in [-0.05, 0) is 91.4 Å². The lowest BCUT2D eigenvalue weighted by atomic mass is 10.0. The van der Waals surface area contributed by atoms with Gasteiger partial charge in [0.15, 0.2) is 0 Å². The summed E-state index contributed by atoms with van der Waals surface area (Å²) in [6, 6.07) is 57.7. The molecule has 0 spiro atoms. The molecule has 0 N–H and O–H groups in total. The van der Waals surface area contributed by atoms with Crippen LogP contribution in [0.15, 0.2) is 164 Å². The molecule has 13 rings (SSSR count). The second-order valence-electron chi connectivity index (χ2n) is 16.2. The van der Waals surface area contributed by atoms with Crippen LogP contribution in [0.3, 0.4) is 0 Å². The summed E-state index contributed by atoms with van der Waals surface area (Å²) >= 11 is 0. The van der Waals surface area contributed by atoms with Crippen LogP contribution >= 0.6 is 0 Å². The van der Waals surface area contributed by atoms with Crippen LogP contribution in [0, 0.1) is 11.3 Å². The minimum Gasteiger partial charge on any atom is -0.307 e. The van der Waals surface area contributed by atoms with E-state index in [1.165, 1.54) is 38.4 Å². The lowest BCUT2D eigenvalue weighted by Gasteiger charge is -2.26. The fraction of sp³-hybridized carbons (Fsp3) is 0.0727. The lowest BCUT2D eigenvalue weighted by Crippen LogP contribution is -2.15. The molecule has 5 nitrogen and oxygen atoms in total. The average Bonchev–Trinajstić information content (AvgIpc) is 4.04. The van der Waals surface area contributed by atoms with Crippen molar-refractivity contribution in [1.82, 2.24) is 18.3 Å². The van der Waals surface area contributed by atoms with Crippen molar-refractivity contribution in [2.75, 3.05) is 0 Å². The van der Waals surface area contributed by atoms with Gasteiger partial charge in [-0.15, -0.1) is 0 Å². The highest BCUT2D eigenvalue weighted by molar-refractivity contribution is 6.12. The molecule has 0 radical (unpaired) electrons. The summed E-state index contributed by atoms with van der Waals surface area (Å²) in [5.74, 6) is 0. The lowest BCUT2D eigenvalue weighted by molar-refractivity contribution is 0.946. The molecule has 0 atom stereocenters. The maximum Gasteiger partial charge on any atom is 0.104 e. The monoisotopic (exact) mass is 767 g/mol. The second kappa shape index (κ2) is 12.6. The molecule has 0 bridgehead atoms. The fourth-order valence-electron chi connectivity index (χ4n) is 10.8. The number of hydrogen-bond acceptors (Lipinski definition) is 1. The van der Waals surface area contributed by atoms with E-state index in [-0.39, 0.29) is 0 Å². The van der Waals surface area contributed by atoms with E-state index < -0.39 is 0 Å². The van der Waals surface area contributed by atoms with Crippen molar-refractivity contribution in [1.29, 1.82) is 5.26 Å². The number of fused-ring (bicyclic) bond motifs is 12. The number of rotatable bonds is 4. The summed E-state index contributed by atoms with van der Waals surface area (Å²) in [6.45, 7) is 0. The number of aryl methyl sites for hydroxylation is 2. The van der Waals surface area contributed by atoms with Crippen LogP contribution < -0.4 is 0 Å². The quantitative estimate of drug-likeness (QED) is 0.176. The molecule has 2 aliphatic carbocycles. The minimum absolute atomic E-state index is 0.615. The molecule has 60 heavy (non-hydrogen) atoms. The molecule has 5 heteroatoms. The number of para-hydroxylation sites is 6. The van der Waals surface area contributed by atoms with Gasteiger partial charge in [0.05, 0.1) is 55.8 Å². The van der Waals surface area contributed by atoms with E-state index in [9.17, 15) is 5.26 Å². The van der Waals surface area contributed by atoms with Crippen molar-refractivity contribution in [3.63, 3.8) is 0 Å². The molecule has 2 aliphatic rings. The number of nitrogens with zero attached hydrogens (tertiary/aromatic N) is 5. The zero-order valence-electron chi connectivity index (χ0n) is 32.8.